The number of nitrogens with one attached hydrogen (secondary N) is 1. The molecular weight excluding hydrogens is 251 g/mol. The zero-order valence-electron chi connectivity index (χ0n) is 10.5. The van der Waals surface area contributed by atoms with Crippen molar-refractivity contribution in [3.63, 3.8) is 0 Å². The largest absolute Gasteiger partial charge is 0.381 e. The maximum Gasteiger partial charge on any atom is 0.143 e. The highest BCUT2D eigenvalue weighted by Crippen LogP contribution is 2.39. The lowest BCUT2D eigenvalue weighted by Crippen LogP contribution is -2.49. The van der Waals surface area contributed by atoms with Gasteiger partial charge in [-0.05, 0) is 24.8 Å². The van der Waals surface area contributed by atoms with Crippen LogP contribution in [0.1, 0.15) is 26.2 Å². The van der Waals surface area contributed by atoms with Crippen LogP contribution >= 0.6 is 11.6 Å². The van der Waals surface area contributed by atoms with E-state index in [9.17, 15) is 4.39 Å². The molecule has 0 radical (unpaired) electrons. The van der Waals surface area contributed by atoms with Crippen LogP contribution in [0.4, 0.5) is 15.8 Å². The lowest BCUT2D eigenvalue weighted by molar-refractivity contribution is 0.336. The van der Waals surface area contributed by atoms with Gasteiger partial charge in [-0.15, -0.1) is 0 Å². The summed E-state index contributed by atoms with van der Waals surface area (Å²) in [5.41, 5.74) is 1.94. The van der Waals surface area contributed by atoms with E-state index in [0.717, 1.165) is 30.4 Å². The Morgan fingerprint density at radius 2 is 2.33 bits per heavy atom. The number of benzene rings is 1. The van der Waals surface area contributed by atoms with E-state index in [-0.39, 0.29) is 10.8 Å². The van der Waals surface area contributed by atoms with E-state index in [0.29, 0.717) is 6.04 Å². The average Bonchev–Trinajstić information content (AvgIpc) is 2.39. The third kappa shape index (κ3) is 1.95. The Morgan fingerprint density at radius 3 is 3.11 bits per heavy atom. The fraction of sp³-hybridized carbons (Fsp3) is 0.571. The van der Waals surface area contributed by atoms with Crippen molar-refractivity contribution in [3.05, 3.63) is 23.0 Å². The quantitative estimate of drug-likeness (QED) is 0.831. The first-order chi connectivity index (χ1) is 8.69. The second kappa shape index (κ2) is 4.61. The molecular formula is C14H18ClFN2. The third-order valence-electron chi connectivity index (χ3n) is 4.28. The molecule has 2 atom stereocenters. The van der Waals surface area contributed by atoms with Gasteiger partial charge in [0.05, 0.1) is 16.4 Å². The molecule has 0 aromatic heterocycles. The van der Waals surface area contributed by atoms with Crippen molar-refractivity contribution in [1.82, 2.24) is 0 Å². The van der Waals surface area contributed by atoms with Crippen molar-refractivity contribution in [2.75, 3.05) is 23.3 Å². The molecule has 0 saturated carbocycles. The van der Waals surface area contributed by atoms with Gasteiger partial charge < -0.3 is 10.2 Å². The molecule has 0 spiro atoms. The summed E-state index contributed by atoms with van der Waals surface area (Å²) in [5.74, 6) is 0.482. The van der Waals surface area contributed by atoms with Crippen LogP contribution in [0.2, 0.25) is 5.02 Å². The van der Waals surface area contributed by atoms with Gasteiger partial charge in [0.2, 0.25) is 0 Å². The zero-order chi connectivity index (χ0) is 12.7. The summed E-state index contributed by atoms with van der Waals surface area (Å²) in [5, 5.41) is 3.55. The van der Waals surface area contributed by atoms with Gasteiger partial charge in [0.1, 0.15) is 5.82 Å². The highest BCUT2D eigenvalue weighted by Gasteiger charge is 2.32. The first-order valence-electron chi connectivity index (χ1n) is 6.68. The normalized spacial score (nSPS) is 26.3. The summed E-state index contributed by atoms with van der Waals surface area (Å²) in [4.78, 5) is 2.39. The van der Waals surface area contributed by atoms with Crippen molar-refractivity contribution in [1.29, 1.82) is 0 Å². The second-order valence-electron chi connectivity index (χ2n) is 5.31. The van der Waals surface area contributed by atoms with Gasteiger partial charge in [0.15, 0.2) is 0 Å². The molecule has 0 aliphatic carbocycles. The van der Waals surface area contributed by atoms with Crippen LogP contribution in [-0.2, 0) is 0 Å². The molecule has 1 saturated heterocycles. The summed E-state index contributed by atoms with van der Waals surface area (Å²) in [6.07, 6.45) is 3.70. The number of fused-ring (bicyclic) bond motifs is 3. The van der Waals surface area contributed by atoms with Crippen LogP contribution in [0.25, 0.3) is 0 Å². The Balaban J connectivity index is 1.92. The van der Waals surface area contributed by atoms with Gasteiger partial charge in [-0.1, -0.05) is 24.9 Å². The topological polar surface area (TPSA) is 15.3 Å². The maximum absolute atomic E-state index is 13.5. The van der Waals surface area contributed by atoms with Gasteiger partial charge in [-0.3, -0.25) is 0 Å². The molecule has 2 unspecified atom stereocenters. The van der Waals surface area contributed by atoms with E-state index >= 15 is 0 Å². The Bertz CT molecular complexity index is 463. The van der Waals surface area contributed by atoms with E-state index in [1.54, 1.807) is 6.07 Å². The van der Waals surface area contributed by atoms with E-state index in [4.69, 9.17) is 11.6 Å². The van der Waals surface area contributed by atoms with E-state index in [1.807, 2.05) is 0 Å². The minimum atomic E-state index is -0.343. The summed E-state index contributed by atoms with van der Waals surface area (Å²) < 4.78 is 13.5. The van der Waals surface area contributed by atoms with E-state index in [1.165, 1.54) is 25.3 Å². The second-order valence-corrected chi connectivity index (χ2v) is 5.72. The molecule has 2 heterocycles. The number of nitrogens with zero attached hydrogens (tertiary/aromatic N) is 1. The van der Waals surface area contributed by atoms with Gasteiger partial charge in [0, 0.05) is 25.2 Å². The number of piperidine rings is 1. The van der Waals surface area contributed by atoms with Crippen LogP contribution in [0.15, 0.2) is 12.1 Å². The molecule has 1 aromatic carbocycles. The summed E-state index contributed by atoms with van der Waals surface area (Å²) in [7, 11) is 0. The maximum atomic E-state index is 13.5. The Hall–Kier alpha value is -0.960. The molecule has 1 aromatic rings. The predicted octanol–water partition coefficient (Wildman–Crippen LogP) is 3.90. The Morgan fingerprint density at radius 1 is 1.50 bits per heavy atom. The smallest absolute Gasteiger partial charge is 0.143 e. The zero-order valence-corrected chi connectivity index (χ0v) is 11.3. The molecule has 4 heteroatoms. The van der Waals surface area contributed by atoms with Crippen LogP contribution in [0.3, 0.4) is 0 Å². The molecule has 1 fully saturated rings. The minimum Gasteiger partial charge on any atom is -0.381 e. The van der Waals surface area contributed by atoms with Crippen molar-refractivity contribution in [2.24, 2.45) is 5.92 Å². The van der Waals surface area contributed by atoms with E-state index < -0.39 is 0 Å². The summed E-state index contributed by atoms with van der Waals surface area (Å²) in [6.45, 7) is 4.22. The average molecular weight is 269 g/mol. The number of hydrogen-bond acceptors (Lipinski definition) is 2. The van der Waals surface area contributed by atoms with Crippen LogP contribution in [0.5, 0.6) is 0 Å². The van der Waals surface area contributed by atoms with Gasteiger partial charge in [0.25, 0.3) is 0 Å². The molecule has 0 bridgehead atoms. The van der Waals surface area contributed by atoms with Crippen LogP contribution < -0.4 is 10.2 Å². The monoisotopic (exact) mass is 268 g/mol. The SMILES string of the molecule is CCC1CCN2c3cc(Cl)c(F)cc3NCC2C1. The lowest BCUT2D eigenvalue weighted by Gasteiger charge is -2.45. The fourth-order valence-corrected chi connectivity index (χ4v) is 3.32. The molecule has 0 amide bonds. The Kier molecular flexibility index (Phi) is 3.10. The molecule has 98 valence electrons. The van der Waals surface area contributed by atoms with Crippen molar-refractivity contribution in [2.45, 2.75) is 32.2 Å². The fourth-order valence-electron chi connectivity index (χ4n) is 3.16. The first kappa shape index (κ1) is 12.1. The number of anilines is 2. The highest BCUT2D eigenvalue weighted by molar-refractivity contribution is 6.31. The van der Waals surface area contributed by atoms with Crippen molar-refractivity contribution >= 4 is 23.0 Å². The van der Waals surface area contributed by atoms with Crippen molar-refractivity contribution in [3.8, 4) is 0 Å². The number of rotatable bonds is 1. The first-order valence-corrected chi connectivity index (χ1v) is 7.06. The summed E-state index contributed by atoms with van der Waals surface area (Å²) in [6, 6.07) is 3.80. The number of hydrogen-bond donors (Lipinski definition) is 1. The Labute approximate surface area is 112 Å². The summed E-state index contributed by atoms with van der Waals surface area (Å²) >= 11 is 5.90. The molecule has 3 rings (SSSR count). The number of halogens is 2. The standard InChI is InChI=1S/C14H18ClFN2/c1-2-9-3-4-18-10(5-9)8-17-13-7-12(16)11(15)6-14(13)18/h6-7,9-10,17H,2-5,8H2,1H3. The molecule has 2 aliphatic heterocycles. The van der Waals surface area contributed by atoms with E-state index in [2.05, 4.69) is 17.1 Å². The van der Waals surface area contributed by atoms with Gasteiger partial charge in [-0.25, -0.2) is 4.39 Å². The highest BCUT2D eigenvalue weighted by atomic mass is 35.5. The third-order valence-corrected chi connectivity index (χ3v) is 4.57. The molecule has 2 aliphatic rings. The molecule has 2 nitrogen and oxygen atoms in total. The van der Waals surface area contributed by atoms with Crippen molar-refractivity contribution < 1.29 is 4.39 Å². The van der Waals surface area contributed by atoms with Gasteiger partial charge in [-0.2, -0.15) is 0 Å². The minimum absolute atomic E-state index is 0.216. The lowest BCUT2D eigenvalue weighted by atomic mass is 9.87. The van der Waals surface area contributed by atoms with Crippen LogP contribution in [0, 0.1) is 11.7 Å². The van der Waals surface area contributed by atoms with Crippen LogP contribution in [-0.4, -0.2) is 19.1 Å². The predicted molar refractivity (Wildman–Crippen MR) is 74.0 cm³/mol. The molecule has 18 heavy (non-hydrogen) atoms. The van der Waals surface area contributed by atoms with Gasteiger partial charge >= 0.3 is 0 Å². The molecule has 1 N–H and O–H groups in total.